The molecule has 0 saturated carbocycles. The normalized spacial score (nSPS) is 11.0. The van der Waals surface area contributed by atoms with Crippen LogP contribution in [0.1, 0.15) is 6.92 Å². The molecule has 0 aliphatic heterocycles. The first kappa shape index (κ1) is 15.7. The van der Waals surface area contributed by atoms with Crippen molar-refractivity contribution < 1.29 is 0 Å². The fourth-order valence-corrected chi connectivity index (χ4v) is 1.60. The van der Waals surface area contributed by atoms with Crippen LogP contribution in [-0.2, 0) is 6.54 Å². The van der Waals surface area contributed by atoms with E-state index in [2.05, 4.69) is 15.3 Å². The van der Waals surface area contributed by atoms with Crippen molar-refractivity contribution in [2.45, 2.75) is 13.5 Å². The van der Waals surface area contributed by atoms with E-state index in [4.69, 9.17) is 0 Å². The highest BCUT2D eigenvalue weighted by Crippen LogP contribution is 2.05. The summed E-state index contributed by atoms with van der Waals surface area (Å²) in [6.07, 6.45) is 1.74. The molecule has 1 aromatic heterocycles. The highest BCUT2D eigenvalue weighted by atomic mass is 16.1. The fourth-order valence-electron chi connectivity index (χ4n) is 1.60. The second kappa shape index (κ2) is 7.91. The van der Waals surface area contributed by atoms with Crippen molar-refractivity contribution in [1.82, 2.24) is 20.0 Å². The Balaban J connectivity index is 2.45. The number of anilines is 1. The first-order chi connectivity index (χ1) is 9.04. The summed E-state index contributed by atoms with van der Waals surface area (Å²) in [6.45, 7) is 6.16. The van der Waals surface area contributed by atoms with E-state index in [0.717, 1.165) is 31.9 Å². The molecule has 0 spiro atoms. The van der Waals surface area contributed by atoms with Gasteiger partial charge in [-0.15, -0.1) is 0 Å². The maximum atomic E-state index is 11.9. The highest BCUT2D eigenvalue weighted by molar-refractivity contribution is 5.41. The van der Waals surface area contributed by atoms with Gasteiger partial charge < -0.3 is 15.1 Å². The minimum atomic E-state index is -0.0489. The topological polar surface area (TPSA) is 53.4 Å². The monoisotopic (exact) mass is 267 g/mol. The van der Waals surface area contributed by atoms with Crippen molar-refractivity contribution in [2.75, 3.05) is 52.2 Å². The van der Waals surface area contributed by atoms with Crippen LogP contribution in [0.2, 0.25) is 0 Å². The summed E-state index contributed by atoms with van der Waals surface area (Å²) < 4.78 is 1.50. The fraction of sp³-hybridized carbons (Fsp3) is 0.692. The van der Waals surface area contributed by atoms with Crippen LogP contribution < -0.4 is 15.8 Å². The van der Waals surface area contributed by atoms with Gasteiger partial charge in [-0.1, -0.05) is 0 Å². The van der Waals surface area contributed by atoms with E-state index in [9.17, 15) is 4.79 Å². The molecule has 0 atom stereocenters. The Labute approximate surface area is 115 Å². The van der Waals surface area contributed by atoms with Crippen molar-refractivity contribution in [3.05, 3.63) is 22.6 Å². The van der Waals surface area contributed by atoms with E-state index in [1.54, 1.807) is 12.3 Å². The van der Waals surface area contributed by atoms with Gasteiger partial charge in [-0.2, -0.15) is 5.10 Å². The van der Waals surface area contributed by atoms with Crippen molar-refractivity contribution in [3.63, 3.8) is 0 Å². The van der Waals surface area contributed by atoms with Crippen LogP contribution in [0.15, 0.2) is 17.1 Å². The molecule has 0 radical (unpaired) electrons. The summed E-state index contributed by atoms with van der Waals surface area (Å²) in [4.78, 5) is 16.0. The Hall–Kier alpha value is -1.40. The van der Waals surface area contributed by atoms with Gasteiger partial charge in [-0.3, -0.25) is 4.79 Å². The largest absolute Gasteiger partial charge is 0.373 e. The van der Waals surface area contributed by atoms with Crippen LogP contribution in [-0.4, -0.2) is 62.0 Å². The summed E-state index contributed by atoms with van der Waals surface area (Å²) in [5.74, 6) is 0. The molecule has 0 fully saturated rings. The summed E-state index contributed by atoms with van der Waals surface area (Å²) in [7, 11) is 6.02. The lowest BCUT2D eigenvalue weighted by Gasteiger charge is -2.16. The predicted octanol–water partition coefficient (Wildman–Crippen LogP) is -0.149. The zero-order chi connectivity index (χ0) is 14.3. The number of nitrogens with zero attached hydrogens (tertiary/aromatic N) is 4. The minimum absolute atomic E-state index is 0.0489. The van der Waals surface area contributed by atoms with Gasteiger partial charge in [0.15, 0.2) is 0 Å². The van der Waals surface area contributed by atoms with Gasteiger partial charge in [0, 0.05) is 39.3 Å². The zero-order valence-electron chi connectivity index (χ0n) is 12.4. The van der Waals surface area contributed by atoms with Gasteiger partial charge in [-0.05, 0) is 21.0 Å². The van der Waals surface area contributed by atoms with Crippen LogP contribution in [0.4, 0.5) is 5.69 Å². The number of hydrogen-bond donors (Lipinski definition) is 1. The van der Waals surface area contributed by atoms with Crippen LogP contribution >= 0.6 is 0 Å². The van der Waals surface area contributed by atoms with E-state index in [-0.39, 0.29) is 5.56 Å². The molecular formula is C13H25N5O. The molecule has 108 valence electrons. The predicted molar refractivity (Wildman–Crippen MR) is 78.9 cm³/mol. The third kappa shape index (κ3) is 5.40. The molecule has 1 heterocycles. The molecule has 0 saturated heterocycles. The molecule has 1 N–H and O–H groups in total. The Morgan fingerprint density at radius 3 is 2.63 bits per heavy atom. The molecule has 19 heavy (non-hydrogen) atoms. The Morgan fingerprint density at radius 2 is 2.05 bits per heavy atom. The van der Waals surface area contributed by atoms with Gasteiger partial charge in [0.05, 0.1) is 18.4 Å². The molecule has 0 aromatic carbocycles. The van der Waals surface area contributed by atoms with Crippen LogP contribution in [0, 0.1) is 0 Å². The number of aromatic nitrogens is 2. The van der Waals surface area contributed by atoms with E-state index >= 15 is 0 Å². The average molecular weight is 267 g/mol. The molecule has 6 nitrogen and oxygen atoms in total. The van der Waals surface area contributed by atoms with Crippen LogP contribution in [0.5, 0.6) is 0 Å². The van der Waals surface area contributed by atoms with Gasteiger partial charge in [0.1, 0.15) is 0 Å². The second-order valence-electron chi connectivity index (χ2n) is 4.84. The molecule has 0 unspecified atom stereocenters. The van der Waals surface area contributed by atoms with Crippen LogP contribution in [0.25, 0.3) is 0 Å². The second-order valence-corrected chi connectivity index (χ2v) is 4.84. The van der Waals surface area contributed by atoms with E-state index in [1.807, 2.05) is 33.0 Å². The summed E-state index contributed by atoms with van der Waals surface area (Å²) in [5, 5.41) is 7.48. The van der Waals surface area contributed by atoms with E-state index < -0.39 is 0 Å². The van der Waals surface area contributed by atoms with Crippen molar-refractivity contribution >= 4 is 5.69 Å². The lowest BCUT2D eigenvalue weighted by atomic mass is 10.4. The average Bonchev–Trinajstić information content (AvgIpc) is 2.38. The minimum Gasteiger partial charge on any atom is -0.373 e. The van der Waals surface area contributed by atoms with Gasteiger partial charge in [0.2, 0.25) is 0 Å². The molecule has 0 aliphatic carbocycles. The lowest BCUT2D eigenvalue weighted by Crippen LogP contribution is -2.32. The smallest absolute Gasteiger partial charge is 0.268 e. The molecule has 0 aliphatic rings. The first-order valence-corrected chi connectivity index (χ1v) is 6.68. The molecule has 0 bridgehead atoms. The van der Waals surface area contributed by atoms with E-state index in [1.165, 1.54) is 4.68 Å². The Kier molecular flexibility index (Phi) is 6.52. The summed E-state index contributed by atoms with van der Waals surface area (Å²) >= 11 is 0. The van der Waals surface area contributed by atoms with E-state index in [0.29, 0.717) is 6.54 Å². The number of rotatable bonds is 8. The molecular weight excluding hydrogens is 242 g/mol. The number of hydrogen-bond acceptors (Lipinski definition) is 5. The number of nitrogens with one attached hydrogen (secondary N) is 1. The quantitative estimate of drug-likeness (QED) is 0.664. The highest BCUT2D eigenvalue weighted by Gasteiger charge is 2.02. The summed E-state index contributed by atoms with van der Waals surface area (Å²) in [6, 6.07) is 1.64. The third-order valence-corrected chi connectivity index (χ3v) is 3.01. The SMILES string of the molecule is CCN(C)c1cnn(CCNCCN(C)C)c(=O)c1. The zero-order valence-corrected chi connectivity index (χ0v) is 12.4. The van der Waals surface area contributed by atoms with Crippen molar-refractivity contribution in [1.29, 1.82) is 0 Å². The van der Waals surface area contributed by atoms with Crippen molar-refractivity contribution in [2.24, 2.45) is 0 Å². The molecule has 6 heteroatoms. The third-order valence-electron chi connectivity index (χ3n) is 3.01. The summed E-state index contributed by atoms with van der Waals surface area (Å²) in [5.41, 5.74) is 0.816. The standard InChI is InChI=1S/C13H25N5O/c1-5-17(4)12-10-13(19)18(15-11-12)9-7-14-6-8-16(2)3/h10-11,14H,5-9H2,1-4H3. The van der Waals surface area contributed by atoms with Crippen molar-refractivity contribution in [3.8, 4) is 0 Å². The maximum absolute atomic E-state index is 11.9. The van der Waals surface area contributed by atoms with Gasteiger partial charge in [0.25, 0.3) is 5.56 Å². The van der Waals surface area contributed by atoms with Gasteiger partial charge >= 0.3 is 0 Å². The van der Waals surface area contributed by atoms with Gasteiger partial charge in [-0.25, -0.2) is 4.68 Å². The maximum Gasteiger partial charge on any atom is 0.268 e. The molecule has 0 amide bonds. The number of likely N-dealkylation sites (N-methyl/N-ethyl adjacent to an activating group) is 1. The Bertz CT molecular complexity index is 429. The lowest BCUT2D eigenvalue weighted by molar-refractivity contribution is 0.395. The first-order valence-electron chi connectivity index (χ1n) is 6.68. The Morgan fingerprint density at radius 1 is 1.32 bits per heavy atom. The molecule has 1 aromatic rings. The van der Waals surface area contributed by atoms with Crippen LogP contribution in [0.3, 0.4) is 0 Å². The molecule has 1 rings (SSSR count).